The van der Waals surface area contributed by atoms with Crippen molar-refractivity contribution in [1.82, 2.24) is 10.3 Å². The van der Waals surface area contributed by atoms with Crippen LogP contribution in [0.15, 0.2) is 46.9 Å². The maximum Gasteiger partial charge on any atom is 0.371 e. The normalized spacial score (nSPS) is 11.6. The highest BCUT2D eigenvalue weighted by Gasteiger charge is 2.14. The molecule has 1 amide bonds. The van der Waals surface area contributed by atoms with Gasteiger partial charge in [0.25, 0.3) is 0 Å². The van der Waals surface area contributed by atoms with Crippen molar-refractivity contribution in [3.8, 4) is 0 Å². The second-order valence-electron chi connectivity index (χ2n) is 7.43. The van der Waals surface area contributed by atoms with Crippen molar-refractivity contribution in [2.24, 2.45) is 0 Å². The number of carboxylic acid groups (broad SMARTS) is 1. The van der Waals surface area contributed by atoms with E-state index < -0.39 is 5.97 Å². The Labute approximate surface area is 177 Å². The van der Waals surface area contributed by atoms with E-state index in [0.717, 1.165) is 27.8 Å². The summed E-state index contributed by atoms with van der Waals surface area (Å²) in [6.07, 6.45) is 3.65. The quantitative estimate of drug-likeness (QED) is 0.393. The summed E-state index contributed by atoms with van der Waals surface area (Å²) in [4.78, 5) is 26.3. The van der Waals surface area contributed by atoms with Crippen LogP contribution < -0.4 is 5.32 Å². The largest absolute Gasteiger partial charge is 0.475 e. The van der Waals surface area contributed by atoms with Gasteiger partial charge in [-0.1, -0.05) is 12.1 Å². The lowest BCUT2D eigenvalue weighted by Crippen LogP contribution is -2.23. The van der Waals surface area contributed by atoms with E-state index in [9.17, 15) is 14.0 Å². The van der Waals surface area contributed by atoms with Crippen molar-refractivity contribution in [1.29, 1.82) is 0 Å². The van der Waals surface area contributed by atoms with Gasteiger partial charge >= 0.3 is 5.97 Å². The summed E-state index contributed by atoms with van der Waals surface area (Å²) in [5, 5.41) is 13.4. The number of furan rings is 1. The first-order chi connectivity index (χ1) is 14.8. The SMILES string of the molecule is Cc1[nH]c2c(F)ccc(C)c2c1CCNC(=O)/C=C/c1ccc2oc(C(=O)O)cc2c1. The van der Waals surface area contributed by atoms with Crippen LogP contribution in [0.4, 0.5) is 4.39 Å². The van der Waals surface area contributed by atoms with Crippen LogP contribution in [0.2, 0.25) is 0 Å². The smallest absolute Gasteiger partial charge is 0.371 e. The third-order valence-corrected chi connectivity index (χ3v) is 5.28. The standard InChI is InChI=1S/C24H21FN2O4/c1-13-3-6-18(25)23-22(13)17(14(2)27-23)9-10-26-21(28)8-5-15-4-7-19-16(11-15)12-20(31-19)24(29)30/h3-8,11-12,27H,9-10H2,1-2H3,(H,26,28)(H,29,30)/b8-5+. The fourth-order valence-electron chi connectivity index (χ4n) is 3.77. The first-order valence-electron chi connectivity index (χ1n) is 9.82. The molecule has 4 rings (SSSR count). The predicted octanol–water partition coefficient (Wildman–Crippen LogP) is 4.74. The van der Waals surface area contributed by atoms with Crippen LogP contribution in [0.25, 0.3) is 27.9 Å². The van der Waals surface area contributed by atoms with E-state index in [1.807, 2.05) is 13.8 Å². The highest BCUT2D eigenvalue weighted by molar-refractivity contribution is 5.94. The van der Waals surface area contributed by atoms with Crippen molar-refractivity contribution >= 4 is 39.8 Å². The monoisotopic (exact) mass is 420 g/mol. The molecule has 4 aromatic rings. The van der Waals surface area contributed by atoms with Crippen LogP contribution in [-0.4, -0.2) is 28.5 Å². The summed E-state index contributed by atoms with van der Waals surface area (Å²) in [5.74, 6) is -1.79. The number of hydrogen-bond donors (Lipinski definition) is 3. The molecule has 0 aliphatic heterocycles. The fraction of sp³-hybridized carbons (Fsp3) is 0.167. The number of aryl methyl sites for hydroxylation is 2. The molecule has 0 aliphatic carbocycles. The average molecular weight is 420 g/mol. The molecule has 0 aliphatic rings. The van der Waals surface area contributed by atoms with E-state index in [-0.39, 0.29) is 17.5 Å². The molecule has 2 aromatic heterocycles. The minimum absolute atomic E-state index is 0.128. The van der Waals surface area contributed by atoms with Crippen molar-refractivity contribution in [3.05, 3.63) is 76.4 Å². The molecule has 2 aromatic carbocycles. The number of aromatic nitrogens is 1. The Morgan fingerprint density at radius 2 is 2.00 bits per heavy atom. The molecular weight excluding hydrogens is 399 g/mol. The Morgan fingerprint density at radius 3 is 2.77 bits per heavy atom. The number of halogens is 1. The lowest BCUT2D eigenvalue weighted by Gasteiger charge is -2.05. The van der Waals surface area contributed by atoms with Crippen molar-refractivity contribution in [3.63, 3.8) is 0 Å². The Morgan fingerprint density at radius 1 is 1.19 bits per heavy atom. The number of benzene rings is 2. The Balaban J connectivity index is 1.41. The first kappa shape index (κ1) is 20.4. The number of carbonyl (C=O) groups is 2. The number of carboxylic acids is 1. The zero-order chi connectivity index (χ0) is 22.1. The number of aromatic carboxylic acids is 1. The third-order valence-electron chi connectivity index (χ3n) is 5.28. The zero-order valence-corrected chi connectivity index (χ0v) is 17.1. The van der Waals surface area contributed by atoms with E-state index in [1.165, 1.54) is 18.2 Å². The summed E-state index contributed by atoms with van der Waals surface area (Å²) in [6, 6.07) is 9.82. The Kier molecular flexibility index (Phi) is 5.33. The molecule has 158 valence electrons. The third kappa shape index (κ3) is 4.07. The predicted molar refractivity (Wildman–Crippen MR) is 117 cm³/mol. The van der Waals surface area contributed by atoms with Crippen LogP contribution in [0.1, 0.15) is 32.9 Å². The molecular formula is C24H21FN2O4. The van der Waals surface area contributed by atoms with Gasteiger partial charge in [-0.25, -0.2) is 9.18 Å². The second kappa shape index (κ2) is 8.10. The van der Waals surface area contributed by atoms with E-state index in [0.29, 0.717) is 29.5 Å². The molecule has 0 radical (unpaired) electrons. The van der Waals surface area contributed by atoms with Crippen LogP contribution in [0.3, 0.4) is 0 Å². The molecule has 0 unspecified atom stereocenters. The van der Waals surface area contributed by atoms with Gasteiger partial charge in [0.05, 0.1) is 5.52 Å². The number of aromatic amines is 1. The van der Waals surface area contributed by atoms with Gasteiger partial charge in [0, 0.05) is 29.1 Å². The van der Waals surface area contributed by atoms with Gasteiger partial charge in [0.2, 0.25) is 11.7 Å². The summed E-state index contributed by atoms with van der Waals surface area (Å²) in [7, 11) is 0. The molecule has 0 saturated carbocycles. The van der Waals surface area contributed by atoms with Crippen LogP contribution in [0, 0.1) is 19.7 Å². The van der Waals surface area contributed by atoms with Gasteiger partial charge in [-0.3, -0.25) is 4.79 Å². The second-order valence-corrected chi connectivity index (χ2v) is 7.43. The van der Waals surface area contributed by atoms with Crippen molar-refractivity contribution < 1.29 is 23.5 Å². The van der Waals surface area contributed by atoms with Gasteiger partial charge in [-0.05, 0) is 67.3 Å². The van der Waals surface area contributed by atoms with E-state index in [1.54, 1.807) is 30.3 Å². The lowest BCUT2D eigenvalue weighted by atomic mass is 10.0. The zero-order valence-electron chi connectivity index (χ0n) is 17.1. The maximum absolute atomic E-state index is 14.1. The number of amides is 1. The first-order valence-corrected chi connectivity index (χ1v) is 9.82. The van der Waals surface area contributed by atoms with E-state index >= 15 is 0 Å². The van der Waals surface area contributed by atoms with Gasteiger partial charge in [-0.15, -0.1) is 0 Å². The van der Waals surface area contributed by atoms with Crippen molar-refractivity contribution in [2.45, 2.75) is 20.3 Å². The molecule has 0 saturated heterocycles. The highest BCUT2D eigenvalue weighted by atomic mass is 19.1. The Bertz CT molecular complexity index is 1350. The van der Waals surface area contributed by atoms with Crippen molar-refractivity contribution in [2.75, 3.05) is 6.54 Å². The van der Waals surface area contributed by atoms with Crippen LogP contribution in [0.5, 0.6) is 0 Å². The molecule has 7 heteroatoms. The molecule has 6 nitrogen and oxygen atoms in total. The lowest BCUT2D eigenvalue weighted by molar-refractivity contribution is -0.116. The van der Waals surface area contributed by atoms with Gasteiger partial charge in [-0.2, -0.15) is 0 Å². The number of H-pyrrole nitrogens is 1. The van der Waals surface area contributed by atoms with Gasteiger partial charge in [0.15, 0.2) is 0 Å². The number of hydrogen-bond acceptors (Lipinski definition) is 3. The summed E-state index contributed by atoms with van der Waals surface area (Å²) >= 11 is 0. The summed E-state index contributed by atoms with van der Waals surface area (Å²) < 4.78 is 19.3. The van der Waals surface area contributed by atoms with Crippen LogP contribution >= 0.6 is 0 Å². The van der Waals surface area contributed by atoms with E-state index in [2.05, 4.69) is 10.3 Å². The fourth-order valence-corrected chi connectivity index (χ4v) is 3.77. The minimum Gasteiger partial charge on any atom is -0.475 e. The summed E-state index contributed by atoms with van der Waals surface area (Å²) in [6.45, 7) is 4.25. The number of rotatable bonds is 6. The minimum atomic E-state index is -1.13. The molecule has 0 atom stereocenters. The van der Waals surface area contributed by atoms with E-state index in [4.69, 9.17) is 9.52 Å². The molecule has 0 fully saturated rings. The van der Waals surface area contributed by atoms with Gasteiger partial charge < -0.3 is 19.8 Å². The van der Waals surface area contributed by atoms with Crippen LogP contribution in [-0.2, 0) is 11.2 Å². The average Bonchev–Trinajstić information content (AvgIpc) is 3.31. The maximum atomic E-state index is 14.1. The highest BCUT2D eigenvalue weighted by Crippen LogP contribution is 2.28. The number of carbonyl (C=O) groups excluding carboxylic acids is 1. The summed E-state index contributed by atoms with van der Waals surface area (Å²) in [5.41, 5.74) is 4.60. The molecule has 0 bridgehead atoms. The molecule has 2 heterocycles. The molecule has 0 spiro atoms. The Hall–Kier alpha value is -3.87. The topological polar surface area (TPSA) is 95.3 Å². The van der Waals surface area contributed by atoms with Gasteiger partial charge in [0.1, 0.15) is 11.4 Å². The number of fused-ring (bicyclic) bond motifs is 2. The number of nitrogens with one attached hydrogen (secondary N) is 2. The molecule has 31 heavy (non-hydrogen) atoms. The molecule has 3 N–H and O–H groups in total.